The van der Waals surface area contributed by atoms with E-state index in [0.29, 0.717) is 24.4 Å². The number of hydrazone groups is 1. The fraction of sp³-hybridized carbons (Fsp3) is 0.591. The molecule has 4 rings (SSSR count). The van der Waals surface area contributed by atoms with Crippen molar-refractivity contribution in [1.82, 2.24) is 10.3 Å². The summed E-state index contributed by atoms with van der Waals surface area (Å²) in [7, 11) is 0. The minimum atomic E-state index is -0.171. The maximum atomic E-state index is 12.5. The van der Waals surface area contributed by atoms with Crippen molar-refractivity contribution in [3.63, 3.8) is 0 Å². The van der Waals surface area contributed by atoms with Gasteiger partial charge in [-0.1, -0.05) is 32.9 Å². The molecule has 5 heteroatoms. The molecule has 27 heavy (non-hydrogen) atoms. The van der Waals surface area contributed by atoms with Gasteiger partial charge in [-0.15, -0.1) is 0 Å². The Labute approximate surface area is 161 Å². The van der Waals surface area contributed by atoms with E-state index >= 15 is 0 Å². The van der Waals surface area contributed by atoms with E-state index in [0.717, 1.165) is 37.1 Å². The van der Waals surface area contributed by atoms with Gasteiger partial charge in [-0.2, -0.15) is 5.10 Å². The predicted molar refractivity (Wildman–Crippen MR) is 105 cm³/mol. The molecule has 1 aromatic rings. The first-order valence-corrected chi connectivity index (χ1v) is 10.1. The first-order valence-electron chi connectivity index (χ1n) is 10.1. The average molecular weight is 367 g/mol. The molecule has 144 valence electrons. The average Bonchev–Trinajstić information content (AvgIpc) is 3.20. The lowest BCUT2D eigenvalue weighted by Gasteiger charge is -2.34. The van der Waals surface area contributed by atoms with Gasteiger partial charge < -0.3 is 4.90 Å². The number of nitrogens with one attached hydrogen (secondary N) is 1. The number of hydrogen-bond donors (Lipinski definition) is 1. The van der Waals surface area contributed by atoms with Crippen molar-refractivity contribution in [3.05, 3.63) is 35.4 Å². The fourth-order valence-corrected chi connectivity index (χ4v) is 5.13. The molecule has 2 saturated carbocycles. The Balaban J connectivity index is 1.40. The summed E-state index contributed by atoms with van der Waals surface area (Å²) in [4.78, 5) is 26.1. The zero-order valence-corrected chi connectivity index (χ0v) is 16.5. The van der Waals surface area contributed by atoms with Crippen LogP contribution in [0.4, 0.5) is 0 Å². The molecule has 1 heterocycles. The van der Waals surface area contributed by atoms with Crippen molar-refractivity contribution < 1.29 is 9.59 Å². The topological polar surface area (TPSA) is 61.8 Å². The summed E-state index contributed by atoms with van der Waals surface area (Å²) in [6.07, 6.45) is 5.00. The van der Waals surface area contributed by atoms with Crippen molar-refractivity contribution >= 4 is 17.5 Å². The van der Waals surface area contributed by atoms with Crippen molar-refractivity contribution in [2.24, 2.45) is 21.8 Å². The van der Waals surface area contributed by atoms with Crippen LogP contribution in [0.15, 0.2) is 29.4 Å². The Hall–Kier alpha value is -2.17. The van der Waals surface area contributed by atoms with E-state index in [1.54, 1.807) is 0 Å². The maximum absolute atomic E-state index is 12.5. The maximum Gasteiger partial charge on any atom is 0.271 e. The molecule has 0 unspecified atom stereocenters. The van der Waals surface area contributed by atoms with Crippen LogP contribution in [0.3, 0.4) is 0 Å². The third-order valence-corrected chi connectivity index (χ3v) is 7.57. The largest absolute Gasteiger partial charge is 0.338 e. The van der Waals surface area contributed by atoms with Crippen LogP contribution in [0.1, 0.15) is 68.8 Å². The molecule has 5 nitrogen and oxygen atoms in total. The lowest BCUT2D eigenvalue weighted by Crippen LogP contribution is -2.34. The standard InChI is InChI=1S/C22H29N3O2/c1-21(2)17-10-11-22(21,3)18(13-17)23-24-20(27)16-8-6-15(7-9-16)14-25-12-4-5-19(25)26/h6-9,17H,4-5,10-14H2,1-3H3,(H,24,27)/b23-18+/t17-,22+/m1/s1. The third-order valence-electron chi connectivity index (χ3n) is 7.57. The minimum absolute atomic E-state index is 0.0943. The van der Waals surface area contributed by atoms with Gasteiger partial charge in [-0.3, -0.25) is 9.59 Å². The molecular weight excluding hydrogens is 338 g/mol. The molecule has 1 saturated heterocycles. The molecule has 1 aromatic carbocycles. The Kier molecular flexibility index (Phi) is 4.36. The number of benzene rings is 1. The second-order valence-electron chi connectivity index (χ2n) is 9.11. The molecule has 0 radical (unpaired) electrons. The number of likely N-dealkylation sites (tertiary alicyclic amines) is 1. The molecular formula is C22H29N3O2. The first kappa shape index (κ1) is 18.2. The number of amides is 2. The molecule has 2 atom stereocenters. The summed E-state index contributed by atoms with van der Waals surface area (Å²) in [5.41, 5.74) is 5.91. The number of nitrogens with zero attached hydrogens (tertiary/aromatic N) is 2. The normalized spacial score (nSPS) is 30.3. The molecule has 1 aliphatic heterocycles. The van der Waals surface area contributed by atoms with Crippen LogP contribution in [0, 0.1) is 16.7 Å². The Morgan fingerprint density at radius 1 is 1.26 bits per heavy atom. The van der Waals surface area contributed by atoms with Crippen LogP contribution in [0.5, 0.6) is 0 Å². The number of carbonyl (C=O) groups is 2. The van der Waals surface area contributed by atoms with Crippen molar-refractivity contribution in [2.75, 3.05) is 6.54 Å². The monoisotopic (exact) mass is 367 g/mol. The number of rotatable bonds is 4. The van der Waals surface area contributed by atoms with Crippen LogP contribution < -0.4 is 5.43 Å². The van der Waals surface area contributed by atoms with Gasteiger partial charge in [0.2, 0.25) is 5.91 Å². The van der Waals surface area contributed by atoms with E-state index in [1.165, 1.54) is 6.42 Å². The number of fused-ring (bicyclic) bond motifs is 2. The Morgan fingerprint density at radius 2 is 2.00 bits per heavy atom. The summed E-state index contributed by atoms with van der Waals surface area (Å²) < 4.78 is 0. The molecule has 2 amide bonds. The lowest BCUT2D eigenvalue weighted by molar-refractivity contribution is -0.128. The van der Waals surface area contributed by atoms with E-state index in [4.69, 9.17) is 0 Å². The highest BCUT2D eigenvalue weighted by molar-refractivity contribution is 5.98. The third kappa shape index (κ3) is 2.97. The van der Waals surface area contributed by atoms with Gasteiger partial charge in [0.05, 0.1) is 0 Å². The molecule has 1 N–H and O–H groups in total. The number of carbonyl (C=O) groups excluding carboxylic acids is 2. The van der Waals surface area contributed by atoms with Gasteiger partial charge in [-0.05, 0) is 54.7 Å². The lowest BCUT2D eigenvalue weighted by atomic mass is 9.70. The van der Waals surface area contributed by atoms with E-state index in [-0.39, 0.29) is 22.6 Å². The number of hydrogen-bond acceptors (Lipinski definition) is 3. The van der Waals surface area contributed by atoms with Gasteiger partial charge in [0.25, 0.3) is 5.91 Å². The van der Waals surface area contributed by atoms with Crippen molar-refractivity contribution in [3.8, 4) is 0 Å². The smallest absolute Gasteiger partial charge is 0.271 e. The SMILES string of the molecule is CC1(C)[C@@H]2CC[C@@]1(C)/C(=N/NC(=O)c1ccc(CN3CCCC3=O)cc1)C2. The highest BCUT2D eigenvalue weighted by Crippen LogP contribution is 2.63. The molecule has 3 aliphatic rings. The summed E-state index contributed by atoms with van der Waals surface area (Å²) in [5, 5.41) is 4.53. The van der Waals surface area contributed by atoms with Gasteiger partial charge in [0.15, 0.2) is 0 Å². The van der Waals surface area contributed by atoms with Gasteiger partial charge in [-0.25, -0.2) is 5.43 Å². The van der Waals surface area contributed by atoms with E-state index in [1.807, 2.05) is 29.2 Å². The van der Waals surface area contributed by atoms with Crippen molar-refractivity contribution in [2.45, 2.75) is 59.4 Å². The summed E-state index contributed by atoms with van der Waals surface area (Å²) in [6.45, 7) is 8.41. The molecule has 2 bridgehead atoms. The minimum Gasteiger partial charge on any atom is -0.338 e. The zero-order chi connectivity index (χ0) is 19.2. The summed E-state index contributed by atoms with van der Waals surface area (Å²) >= 11 is 0. The first-order chi connectivity index (χ1) is 12.8. The van der Waals surface area contributed by atoms with E-state index < -0.39 is 0 Å². The van der Waals surface area contributed by atoms with Crippen LogP contribution in [0.25, 0.3) is 0 Å². The zero-order valence-electron chi connectivity index (χ0n) is 16.5. The van der Waals surface area contributed by atoms with Crippen LogP contribution in [0.2, 0.25) is 0 Å². The highest BCUT2D eigenvalue weighted by atomic mass is 16.2. The predicted octanol–water partition coefficient (Wildman–Crippen LogP) is 3.74. The highest BCUT2D eigenvalue weighted by Gasteiger charge is 2.60. The van der Waals surface area contributed by atoms with E-state index in [9.17, 15) is 9.59 Å². The molecule has 0 aromatic heterocycles. The summed E-state index contributed by atoms with van der Waals surface area (Å²) in [6, 6.07) is 7.49. The van der Waals surface area contributed by atoms with Crippen LogP contribution in [-0.2, 0) is 11.3 Å². The molecule has 3 fully saturated rings. The van der Waals surface area contributed by atoms with Crippen molar-refractivity contribution in [1.29, 1.82) is 0 Å². The van der Waals surface area contributed by atoms with Gasteiger partial charge in [0.1, 0.15) is 0 Å². The Morgan fingerprint density at radius 3 is 2.56 bits per heavy atom. The van der Waals surface area contributed by atoms with E-state index in [2.05, 4.69) is 31.3 Å². The fourth-order valence-electron chi connectivity index (χ4n) is 5.13. The second-order valence-corrected chi connectivity index (χ2v) is 9.11. The molecule has 2 aliphatic carbocycles. The molecule has 0 spiro atoms. The van der Waals surface area contributed by atoms with Crippen LogP contribution >= 0.6 is 0 Å². The van der Waals surface area contributed by atoms with Gasteiger partial charge in [0, 0.05) is 36.2 Å². The summed E-state index contributed by atoms with van der Waals surface area (Å²) in [5.74, 6) is 0.719. The second kappa shape index (κ2) is 6.47. The Bertz CT molecular complexity index is 796. The quantitative estimate of drug-likeness (QED) is 0.824. The van der Waals surface area contributed by atoms with Crippen LogP contribution in [-0.4, -0.2) is 29.0 Å². The van der Waals surface area contributed by atoms with Gasteiger partial charge >= 0.3 is 0 Å².